The topological polar surface area (TPSA) is 93.7 Å². The van der Waals surface area contributed by atoms with Crippen LogP contribution < -0.4 is 10.6 Å². The van der Waals surface area contributed by atoms with Crippen LogP contribution in [-0.4, -0.2) is 69.0 Å². The molecule has 7 heteroatoms. The van der Waals surface area contributed by atoms with Crippen LogP contribution in [0, 0.1) is 34.5 Å². The lowest BCUT2D eigenvalue weighted by atomic mass is 9.49. The molecule has 66 heavy (non-hydrogen) atoms. The summed E-state index contributed by atoms with van der Waals surface area (Å²) in [5.74, 6) is -0.417. The van der Waals surface area contributed by atoms with Gasteiger partial charge in [0.2, 0.25) is 0 Å². The summed E-state index contributed by atoms with van der Waals surface area (Å²) in [6.07, 6.45) is 17.0. The summed E-state index contributed by atoms with van der Waals surface area (Å²) in [6.45, 7) is 4.68. The largest absolute Gasteiger partial charge is 0.378 e. The first-order valence-electron chi connectivity index (χ1n) is 24.8. The number of ketones is 3. The van der Waals surface area contributed by atoms with Crippen molar-refractivity contribution in [3.05, 3.63) is 179 Å². The van der Waals surface area contributed by atoms with Gasteiger partial charge in [0.05, 0.1) is 23.0 Å². The fourth-order valence-electron chi connectivity index (χ4n) is 12.6. The van der Waals surface area contributed by atoms with Gasteiger partial charge in [0.15, 0.2) is 17.3 Å². The van der Waals surface area contributed by atoms with Crippen molar-refractivity contribution in [3.8, 4) is 0 Å². The minimum absolute atomic E-state index is 0.0931. The Morgan fingerprint density at radius 1 is 0.500 bits per heavy atom. The number of carbonyl (C=O) groups excluding carboxylic acids is 3. The quantitative estimate of drug-likeness (QED) is 0.122. The normalized spacial score (nSPS) is 30.1. The van der Waals surface area contributed by atoms with Crippen molar-refractivity contribution >= 4 is 28.5 Å². The number of allylic oxidation sites excluding steroid dienone is 8. The lowest BCUT2D eigenvalue weighted by Crippen LogP contribution is -2.57. The van der Waals surface area contributed by atoms with E-state index in [1.54, 1.807) is 0 Å². The first kappa shape index (κ1) is 44.5. The second-order valence-electron chi connectivity index (χ2n) is 19.8. The molecule has 0 bridgehead atoms. The van der Waals surface area contributed by atoms with E-state index < -0.39 is 10.8 Å². The molecule has 340 valence electrons. The molecule has 0 saturated carbocycles. The molecule has 4 aromatic carbocycles. The third-order valence-electron chi connectivity index (χ3n) is 15.7. The van der Waals surface area contributed by atoms with Gasteiger partial charge in [-0.25, -0.2) is 0 Å². The van der Waals surface area contributed by atoms with Crippen LogP contribution in [0.1, 0.15) is 96.1 Å². The lowest BCUT2D eigenvalue weighted by Gasteiger charge is -2.53. The molecular weight excluding hydrogens is 817 g/mol. The molecule has 0 spiro atoms. The highest BCUT2D eigenvalue weighted by atomic mass is 16.5. The molecule has 10 rings (SSSR count). The number of ether oxygens (including phenoxy) is 2. The van der Waals surface area contributed by atoms with E-state index in [1.807, 2.05) is 97.1 Å². The molecular formula is C59H64N2O5. The van der Waals surface area contributed by atoms with E-state index in [2.05, 4.69) is 59.2 Å². The van der Waals surface area contributed by atoms with Crippen molar-refractivity contribution in [3.63, 3.8) is 0 Å². The molecule has 8 unspecified atom stereocenters. The van der Waals surface area contributed by atoms with Crippen molar-refractivity contribution in [1.82, 2.24) is 10.6 Å². The van der Waals surface area contributed by atoms with E-state index in [4.69, 9.17) is 9.47 Å². The summed E-state index contributed by atoms with van der Waals surface area (Å²) in [5.41, 5.74) is 3.62. The first-order chi connectivity index (χ1) is 32.4. The highest BCUT2D eigenvalue weighted by Crippen LogP contribution is 2.59. The summed E-state index contributed by atoms with van der Waals surface area (Å²) in [6, 6.07) is 39.6. The van der Waals surface area contributed by atoms with E-state index in [0.717, 1.165) is 99.8 Å². The number of Topliss-reactive ketones (excluding diaryl/α,β-unsaturated/α-hetero) is 3. The van der Waals surface area contributed by atoms with Gasteiger partial charge in [-0.05, 0) is 136 Å². The Balaban J connectivity index is 1.27. The Labute approximate surface area is 390 Å². The summed E-state index contributed by atoms with van der Waals surface area (Å²) >= 11 is 0. The van der Waals surface area contributed by atoms with Gasteiger partial charge < -0.3 is 20.1 Å². The summed E-state index contributed by atoms with van der Waals surface area (Å²) < 4.78 is 13.3. The summed E-state index contributed by atoms with van der Waals surface area (Å²) in [4.78, 5) is 48.7. The second kappa shape index (κ2) is 19.9. The highest BCUT2D eigenvalue weighted by Gasteiger charge is 2.61. The maximum Gasteiger partial charge on any atom is 0.193 e. The van der Waals surface area contributed by atoms with Crippen LogP contribution in [0.2, 0.25) is 0 Å². The minimum atomic E-state index is -1.18. The number of hydrogen-bond donors (Lipinski definition) is 2. The Hall–Kier alpha value is -5.31. The number of piperidine rings is 2. The van der Waals surface area contributed by atoms with Crippen LogP contribution in [-0.2, 0) is 14.3 Å². The van der Waals surface area contributed by atoms with Crippen LogP contribution >= 0.6 is 0 Å². The third kappa shape index (κ3) is 8.83. The fraction of sp³-hybridized carbons (Fsp3) is 0.407. The zero-order valence-corrected chi connectivity index (χ0v) is 38.2. The number of nitrogens with one attached hydrogen (secondary N) is 2. The maximum absolute atomic E-state index is 17.9. The molecule has 8 atom stereocenters. The number of benzene rings is 4. The van der Waals surface area contributed by atoms with Gasteiger partial charge in [-0.2, -0.15) is 0 Å². The van der Waals surface area contributed by atoms with Gasteiger partial charge >= 0.3 is 0 Å². The van der Waals surface area contributed by atoms with Gasteiger partial charge in [0.25, 0.3) is 0 Å². The van der Waals surface area contributed by atoms with Crippen LogP contribution in [0.5, 0.6) is 0 Å². The highest BCUT2D eigenvalue weighted by molar-refractivity contribution is 6.21. The smallest absolute Gasteiger partial charge is 0.193 e. The van der Waals surface area contributed by atoms with Gasteiger partial charge in [-0.3, -0.25) is 14.4 Å². The molecule has 7 nitrogen and oxygen atoms in total. The molecule has 4 aliphatic heterocycles. The first-order valence-corrected chi connectivity index (χ1v) is 24.8. The Morgan fingerprint density at radius 2 is 0.894 bits per heavy atom. The second-order valence-corrected chi connectivity index (χ2v) is 19.8. The molecule has 0 aromatic heterocycles. The molecule has 6 aliphatic rings. The molecule has 0 radical (unpaired) electrons. The van der Waals surface area contributed by atoms with E-state index in [0.29, 0.717) is 48.3 Å². The molecule has 4 heterocycles. The SMILES string of the molecule is O=C(C1=CC(CC2CCCO2)(C(=O)C2(CC3CCCO3)C=C(C(=O)c3ccccc3)C(c3ccccc3)=CC2C2CCCNC2)C(C2CCCNC2)C=C1c1ccccc1)c1ccccc1. The van der Waals surface area contributed by atoms with E-state index >= 15 is 14.4 Å². The average molecular weight is 881 g/mol. The van der Waals surface area contributed by atoms with Gasteiger partial charge in [-0.15, -0.1) is 0 Å². The van der Waals surface area contributed by atoms with Crippen LogP contribution in [0.4, 0.5) is 0 Å². The minimum Gasteiger partial charge on any atom is -0.378 e. The molecule has 2 aliphatic carbocycles. The van der Waals surface area contributed by atoms with Crippen molar-refractivity contribution in [2.24, 2.45) is 34.5 Å². The lowest BCUT2D eigenvalue weighted by molar-refractivity contribution is -0.145. The van der Waals surface area contributed by atoms with E-state index in [-0.39, 0.29) is 53.2 Å². The summed E-state index contributed by atoms with van der Waals surface area (Å²) in [7, 11) is 0. The van der Waals surface area contributed by atoms with Crippen molar-refractivity contribution < 1.29 is 23.9 Å². The zero-order chi connectivity index (χ0) is 44.9. The van der Waals surface area contributed by atoms with Crippen molar-refractivity contribution in [2.45, 2.75) is 76.4 Å². The van der Waals surface area contributed by atoms with Crippen molar-refractivity contribution in [2.75, 3.05) is 39.4 Å². The maximum atomic E-state index is 17.9. The average Bonchev–Trinajstić information content (AvgIpc) is 4.12. The predicted octanol–water partition coefficient (Wildman–Crippen LogP) is 10.7. The fourth-order valence-corrected chi connectivity index (χ4v) is 12.6. The Kier molecular flexibility index (Phi) is 13.4. The van der Waals surface area contributed by atoms with Crippen LogP contribution in [0.25, 0.3) is 11.1 Å². The molecule has 4 aromatic rings. The molecule has 4 fully saturated rings. The Bertz CT molecular complexity index is 2300. The van der Waals surface area contributed by atoms with Crippen LogP contribution in [0.15, 0.2) is 157 Å². The van der Waals surface area contributed by atoms with E-state index in [9.17, 15) is 0 Å². The Morgan fingerprint density at radius 3 is 1.24 bits per heavy atom. The zero-order valence-electron chi connectivity index (χ0n) is 38.2. The van der Waals surface area contributed by atoms with Gasteiger partial charge in [0.1, 0.15) is 0 Å². The molecule has 4 saturated heterocycles. The monoisotopic (exact) mass is 880 g/mol. The number of carbonyl (C=O) groups is 3. The molecule has 2 N–H and O–H groups in total. The standard InChI is InChI=1S/C59H64N2O5/c62-55(43-21-9-3-10-22-43)51-37-58(35-47-27-15-31-65-47,53(45-25-13-29-60-39-45)33-49(51)41-17-5-1-6-18-41)57(64)59(36-48-28-16-32-66-48)38-52(56(63)44-23-11-4-12-24-44)50(42-19-7-2-8-20-42)34-54(59)46-26-14-30-61-40-46/h1-12,17-24,33-34,37-38,45-48,53-54,60-61H,13-16,25-32,35-36,39-40H2. The van der Waals surface area contributed by atoms with Gasteiger partial charge in [0, 0.05) is 35.5 Å². The number of hydrogen-bond acceptors (Lipinski definition) is 7. The number of rotatable bonds is 14. The predicted molar refractivity (Wildman–Crippen MR) is 262 cm³/mol. The van der Waals surface area contributed by atoms with Crippen LogP contribution in [0.3, 0.4) is 0 Å². The van der Waals surface area contributed by atoms with Crippen molar-refractivity contribution in [1.29, 1.82) is 0 Å². The van der Waals surface area contributed by atoms with Gasteiger partial charge in [-0.1, -0.05) is 146 Å². The van der Waals surface area contributed by atoms with E-state index in [1.165, 1.54) is 0 Å². The third-order valence-corrected chi connectivity index (χ3v) is 15.7. The molecule has 0 amide bonds. The summed E-state index contributed by atoms with van der Waals surface area (Å²) in [5, 5.41) is 7.47.